The third kappa shape index (κ3) is 8.91. The summed E-state index contributed by atoms with van der Waals surface area (Å²) in [6.07, 6.45) is 1.77. The van der Waals surface area contributed by atoms with E-state index in [9.17, 15) is 23.1 Å². The number of rotatable bonds is 15. The second kappa shape index (κ2) is 15.0. The molecule has 4 N–H and O–H groups in total. The van der Waals surface area contributed by atoms with Crippen molar-refractivity contribution in [2.75, 3.05) is 18.6 Å². The zero-order valence-electron chi connectivity index (χ0n) is 25.2. The summed E-state index contributed by atoms with van der Waals surface area (Å²) in [7, 11) is -4.01. The van der Waals surface area contributed by atoms with E-state index in [0.29, 0.717) is 18.5 Å². The summed E-state index contributed by atoms with van der Waals surface area (Å²) in [5.41, 5.74) is 5.80. The third-order valence-corrected chi connectivity index (χ3v) is 9.02. The minimum absolute atomic E-state index is 0.0276. The summed E-state index contributed by atoms with van der Waals surface area (Å²) in [5.74, 6) is -0.793. The Kier molecular flexibility index (Phi) is 11.2. The molecule has 0 spiro atoms. The van der Waals surface area contributed by atoms with E-state index in [2.05, 4.69) is 15.8 Å². The van der Waals surface area contributed by atoms with Crippen LogP contribution in [0.5, 0.6) is 0 Å². The molecule has 1 heterocycles. The van der Waals surface area contributed by atoms with Gasteiger partial charge in [-0.15, -0.1) is 0 Å². The van der Waals surface area contributed by atoms with Crippen LogP contribution < -0.4 is 10.8 Å². The van der Waals surface area contributed by atoms with E-state index in [4.69, 9.17) is 4.84 Å². The first kappa shape index (κ1) is 32.7. The number of benzene rings is 3. The summed E-state index contributed by atoms with van der Waals surface area (Å²) in [5, 5.41) is 15.5. The molecule has 0 radical (unpaired) electrons. The van der Waals surface area contributed by atoms with Crippen LogP contribution >= 0.6 is 0 Å². The molecule has 0 saturated carbocycles. The number of H-pyrrole nitrogens is 1. The van der Waals surface area contributed by atoms with Gasteiger partial charge in [-0.1, -0.05) is 62.4 Å². The van der Waals surface area contributed by atoms with Crippen LogP contribution in [0.15, 0.2) is 90.0 Å². The van der Waals surface area contributed by atoms with Crippen molar-refractivity contribution in [1.29, 1.82) is 0 Å². The number of para-hydroxylation sites is 1. The number of nitrogens with zero attached hydrogens (tertiary/aromatic N) is 1. The molecule has 2 atom stereocenters. The summed E-state index contributed by atoms with van der Waals surface area (Å²) in [6, 6.07) is 22.4. The molecule has 0 aliphatic heterocycles. The van der Waals surface area contributed by atoms with Crippen LogP contribution in [-0.4, -0.2) is 59.9 Å². The van der Waals surface area contributed by atoms with Crippen molar-refractivity contribution in [2.45, 2.75) is 57.1 Å². The smallest absolute Gasteiger partial charge is 0.329 e. The van der Waals surface area contributed by atoms with E-state index in [1.165, 1.54) is 35.5 Å². The summed E-state index contributed by atoms with van der Waals surface area (Å²) in [6.45, 7) is 5.00. The lowest BCUT2D eigenvalue weighted by molar-refractivity contribution is -0.138. The quantitative estimate of drug-likeness (QED) is 0.144. The topological polar surface area (TPSA) is 141 Å². The van der Waals surface area contributed by atoms with Crippen LogP contribution in [0.1, 0.15) is 38.3 Å². The number of nitrogens with one attached hydrogen (secondary N) is 3. The lowest BCUT2D eigenvalue weighted by atomic mass is 10.00. The molecule has 0 bridgehead atoms. The predicted octanol–water partition coefficient (Wildman–Crippen LogP) is 4.43. The number of anilines is 1. The van der Waals surface area contributed by atoms with Gasteiger partial charge in [0.15, 0.2) is 0 Å². The fourth-order valence-electron chi connectivity index (χ4n) is 5.01. The standard InChI is InChI=1S/C33H40N4O6S/c1-23(2)21-37(44(41,42)28-16-14-27(15-17-28)36-43-24(3)38)22-32(39)31(19-25-9-5-4-6-10-25)35-33(40)18-13-26-20-34-30-12-8-7-11-29(26)30/h4-12,14-17,20,23,31-32,34,36,39H,13,18-19,21-22H2,1-3H3,(H,35,40)/t31-,32+/m0/s1. The molecule has 10 nitrogen and oxygen atoms in total. The Morgan fingerprint density at radius 2 is 1.64 bits per heavy atom. The molecule has 4 aromatic rings. The Labute approximate surface area is 258 Å². The molecule has 234 valence electrons. The van der Waals surface area contributed by atoms with Crippen molar-refractivity contribution in [2.24, 2.45) is 5.92 Å². The number of sulfonamides is 1. The van der Waals surface area contributed by atoms with Gasteiger partial charge in [0.25, 0.3) is 0 Å². The van der Waals surface area contributed by atoms with Crippen LogP contribution in [0.2, 0.25) is 0 Å². The van der Waals surface area contributed by atoms with E-state index < -0.39 is 28.1 Å². The van der Waals surface area contributed by atoms with Gasteiger partial charge < -0.3 is 20.2 Å². The molecular weight excluding hydrogens is 580 g/mol. The molecule has 0 fully saturated rings. The SMILES string of the molecule is CC(=O)ONc1ccc(S(=O)(=O)N(CC(C)C)C[C@@H](O)[C@H](Cc2ccccc2)NC(=O)CCc2c[nH]c3ccccc23)cc1. The normalized spacial score (nSPS) is 13.1. The van der Waals surface area contributed by atoms with Crippen molar-refractivity contribution in [3.63, 3.8) is 0 Å². The highest BCUT2D eigenvalue weighted by Crippen LogP contribution is 2.22. The highest BCUT2D eigenvalue weighted by atomic mass is 32.2. The molecular formula is C33H40N4O6S. The van der Waals surface area contributed by atoms with E-state index in [1.807, 2.05) is 74.6 Å². The monoisotopic (exact) mass is 620 g/mol. The van der Waals surface area contributed by atoms with Crippen molar-refractivity contribution in [3.05, 3.63) is 96.2 Å². The Bertz CT molecular complexity index is 1640. The molecule has 1 aromatic heterocycles. The van der Waals surface area contributed by atoms with Gasteiger partial charge in [-0.05, 0) is 60.2 Å². The molecule has 0 aliphatic rings. The first-order valence-corrected chi connectivity index (χ1v) is 16.1. The Morgan fingerprint density at radius 1 is 0.955 bits per heavy atom. The Balaban J connectivity index is 1.50. The molecule has 0 unspecified atom stereocenters. The lowest BCUT2D eigenvalue weighted by Crippen LogP contribution is -2.51. The zero-order chi connectivity index (χ0) is 31.7. The summed E-state index contributed by atoms with van der Waals surface area (Å²) >= 11 is 0. The van der Waals surface area contributed by atoms with Gasteiger partial charge in [0.2, 0.25) is 15.9 Å². The van der Waals surface area contributed by atoms with Gasteiger partial charge in [0.1, 0.15) is 0 Å². The van der Waals surface area contributed by atoms with E-state index in [-0.39, 0.29) is 36.2 Å². The number of aliphatic hydroxyl groups excluding tert-OH is 1. The number of aliphatic hydroxyl groups is 1. The van der Waals surface area contributed by atoms with Crippen LogP contribution in [0.3, 0.4) is 0 Å². The maximum Gasteiger partial charge on any atom is 0.329 e. The molecule has 0 saturated heterocycles. The Morgan fingerprint density at radius 3 is 2.32 bits per heavy atom. The van der Waals surface area contributed by atoms with Crippen LogP contribution in [-0.2, 0) is 37.3 Å². The number of amides is 1. The van der Waals surface area contributed by atoms with Crippen LogP contribution in [0.4, 0.5) is 5.69 Å². The number of hydrogen-bond donors (Lipinski definition) is 4. The maximum atomic E-state index is 13.7. The van der Waals surface area contributed by atoms with Gasteiger partial charge in [-0.25, -0.2) is 13.9 Å². The van der Waals surface area contributed by atoms with Gasteiger partial charge in [0.05, 0.1) is 22.7 Å². The minimum atomic E-state index is -4.01. The third-order valence-electron chi connectivity index (χ3n) is 7.17. The molecule has 44 heavy (non-hydrogen) atoms. The molecule has 4 rings (SSSR count). The van der Waals surface area contributed by atoms with Crippen molar-refractivity contribution in [1.82, 2.24) is 14.6 Å². The van der Waals surface area contributed by atoms with Gasteiger partial charge in [0, 0.05) is 43.5 Å². The van der Waals surface area contributed by atoms with E-state index >= 15 is 0 Å². The number of fused-ring (bicyclic) bond motifs is 1. The summed E-state index contributed by atoms with van der Waals surface area (Å²) < 4.78 is 28.7. The Hall–Kier alpha value is -4.19. The average Bonchev–Trinajstić information content (AvgIpc) is 3.42. The van der Waals surface area contributed by atoms with Crippen LogP contribution in [0.25, 0.3) is 10.9 Å². The van der Waals surface area contributed by atoms with Gasteiger partial charge in [-0.2, -0.15) is 4.31 Å². The second-order valence-corrected chi connectivity index (χ2v) is 13.2. The number of aromatic amines is 1. The first-order valence-electron chi connectivity index (χ1n) is 14.6. The minimum Gasteiger partial charge on any atom is -0.390 e. The lowest BCUT2D eigenvalue weighted by Gasteiger charge is -2.31. The predicted molar refractivity (Wildman–Crippen MR) is 170 cm³/mol. The zero-order valence-corrected chi connectivity index (χ0v) is 26.0. The number of aryl methyl sites for hydroxylation is 1. The average molecular weight is 621 g/mol. The van der Waals surface area contributed by atoms with E-state index in [0.717, 1.165) is 22.0 Å². The number of carbonyl (C=O) groups excluding carboxylic acids is 2. The van der Waals surface area contributed by atoms with Crippen molar-refractivity contribution < 1.29 is 28.0 Å². The van der Waals surface area contributed by atoms with Crippen molar-refractivity contribution in [3.8, 4) is 0 Å². The molecule has 3 aromatic carbocycles. The molecule has 1 amide bonds. The largest absolute Gasteiger partial charge is 0.390 e. The fourth-order valence-corrected chi connectivity index (χ4v) is 6.63. The summed E-state index contributed by atoms with van der Waals surface area (Å²) in [4.78, 5) is 32.3. The van der Waals surface area contributed by atoms with Gasteiger partial charge >= 0.3 is 5.97 Å². The number of aromatic nitrogens is 1. The first-order chi connectivity index (χ1) is 21.0. The fraction of sp³-hybridized carbons (Fsp3) is 0.333. The molecule has 0 aliphatic carbocycles. The van der Waals surface area contributed by atoms with Crippen molar-refractivity contribution >= 4 is 38.5 Å². The van der Waals surface area contributed by atoms with Gasteiger partial charge in [-0.3, -0.25) is 9.59 Å². The number of carbonyl (C=O) groups is 2. The second-order valence-electron chi connectivity index (χ2n) is 11.2. The highest BCUT2D eigenvalue weighted by molar-refractivity contribution is 7.89. The maximum absolute atomic E-state index is 13.7. The van der Waals surface area contributed by atoms with Crippen LogP contribution in [0, 0.1) is 5.92 Å². The highest BCUT2D eigenvalue weighted by Gasteiger charge is 2.31. The number of hydrogen-bond acceptors (Lipinski definition) is 7. The molecule has 11 heteroatoms. The van der Waals surface area contributed by atoms with E-state index in [1.54, 1.807) is 0 Å².